The van der Waals surface area contributed by atoms with Gasteiger partial charge in [-0.05, 0) is 32.4 Å². The number of hydrogen-bond donors (Lipinski definition) is 0. The minimum atomic E-state index is -0.550. The lowest BCUT2D eigenvalue weighted by Gasteiger charge is -2.17. The third kappa shape index (κ3) is 4.45. The first-order valence-electron chi connectivity index (χ1n) is 7.05. The van der Waals surface area contributed by atoms with Gasteiger partial charge in [-0.15, -0.1) is 0 Å². The van der Waals surface area contributed by atoms with Crippen molar-refractivity contribution in [2.75, 3.05) is 0 Å². The minimum absolute atomic E-state index is 0.380. The molecule has 0 fully saturated rings. The molecule has 1 aromatic carbocycles. The van der Waals surface area contributed by atoms with Crippen molar-refractivity contribution in [3.63, 3.8) is 0 Å². The molecule has 4 nitrogen and oxygen atoms in total. The summed E-state index contributed by atoms with van der Waals surface area (Å²) >= 11 is 0. The standard InChI is InChI=1S/C18H19NO3/c1-18(2,3)22-17(20)12-11-16-10-9-15(13-19(16)21)14-7-5-4-6-8-14/h4-13H,1-3H3. The van der Waals surface area contributed by atoms with Crippen LogP contribution in [0.2, 0.25) is 0 Å². The molecular formula is C18H19NO3. The van der Waals surface area contributed by atoms with E-state index >= 15 is 0 Å². The van der Waals surface area contributed by atoms with E-state index in [2.05, 4.69) is 0 Å². The van der Waals surface area contributed by atoms with Crippen LogP contribution in [0.5, 0.6) is 0 Å². The average Bonchev–Trinajstić information content (AvgIpc) is 2.45. The van der Waals surface area contributed by atoms with Crippen LogP contribution in [0.3, 0.4) is 0 Å². The van der Waals surface area contributed by atoms with Crippen molar-refractivity contribution in [1.29, 1.82) is 0 Å². The first kappa shape index (κ1) is 15.8. The summed E-state index contributed by atoms with van der Waals surface area (Å²) in [6.45, 7) is 5.38. The van der Waals surface area contributed by atoms with Crippen LogP contribution in [-0.4, -0.2) is 11.6 Å². The van der Waals surface area contributed by atoms with Gasteiger partial charge in [-0.25, -0.2) is 4.79 Å². The summed E-state index contributed by atoms with van der Waals surface area (Å²) in [5.74, 6) is -0.473. The summed E-state index contributed by atoms with van der Waals surface area (Å²) < 4.78 is 5.89. The van der Waals surface area contributed by atoms with Gasteiger partial charge in [0.15, 0.2) is 6.20 Å². The number of aromatic nitrogens is 1. The summed E-state index contributed by atoms with van der Waals surface area (Å²) in [4.78, 5) is 11.6. The lowest BCUT2D eigenvalue weighted by Crippen LogP contribution is -2.29. The fraction of sp³-hybridized carbons (Fsp3) is 0.222. The zero-order valence-corrected chi connectivity index (χ0v) is 12.9. The van der Waals surface area contributed by atoms with Gasteiger partial charge < -0.3 is 9.94 Å². The lowest BCUT2D eigenvalue weighted by molar-refractivity contribution is -0.606. The second kappa shape index (κ2) is 6.43. The maximum Gasteiger partial charge on any atom is 0.331 e. The fourth-order valence-electron chi connectivity index (χ4n) is 1.91. The number of nitrogens with zero attached hydrogens (tertiary/aromatic N) is 1. The first-order chi connectivity index (χ1) is 10.3. The average molecular weight is 297 g/mol. The molecular weight excluding hydrogens is 278 g/mol. The topological polar surface area (TPSA) is 53.2 Å². The predicted octanol–water partition coefficient (Wildman–Crippen LogP) is 3.34. The molecule has 0 aliphatic heterocycles. The SMILES string of the molecule is CC(C)(C)OC(=O)C=Cc1ccc(-c2ccccc2)c[n+]1[O-]. The smallest absolute Gasteiger partial charge is 0.331 e. The molecule has 0 amide bonds. The summed E-state index contributed by atoms with van der Waals surface area (Å²) in [5, 5.41) is 12.0. The van der Waals surface area contributed by atoms with E-state index in [0.717, 1.165) is 15.9 Å². The molecule has 1 aromatic heterocycles. The third-order valence-corrected chi connectivity index (χ3v) is 2.85. The maximum absolute atomic E-state index is 12.0. The molecule has 0 N–H and O–H groups in total. The first-order valence-corrected chi connectivity index (χ1v) is 7.05. The van der Waals surface area contributed by atoms with Crippen molar-refractivity contribution in [2.24, 2.45) is 0 Å². The van der Waals surface area contributed by atoms with Crippen molar-refractivity contribution >= 4 is 12.0 Å². The van der Waals surface area contributed by atoms with E-state index in [1.807, 2.05) is 36.4 Å². The van der Waals surface area contributed by atoms with E-state index in [1.165, 1.54) is 18.3 Å². The van der Waals surface area contributed by atoms with Crippen LogP contribution in [0.25, 0.3) is 17.2 Å². The fourth-order valence-corrected chi connectivity index (χ4v) is 1.91. The lowest BCUT2D eigenvalue weighted by atomic mass is 10.1. The molecule has 22 heavy (non-hydrogen) atoms. The third-order valence-electron chi connectivity index (χ3n) is 2.85. The number of rotatable bonds is 3. The Hall–Kier alpha value is -2.62. The van der Waals surface area contributed by atoms with Crippen molar-refractivity contribution < 1.29 is 14.3 Å². The maximum atomic E-state index is 12.0. The van der Waals surface area contributed by atoms with Gasteiger partial charge in [0, 0.05) is 23.8 Å². The molecule has 1 heterocycles. The number of esters is 1. The number of carbonyl (C=O) groups is 1. The molecule has 2 rings (SSSR count). The number of pyridine rings is 1. The normalized spacial score (nSPS) is 11.6. The highest BCUT2D eigenvalue weighted by Gasteiger charge is 2.14. The van der Waals surface area contributed by atoms with Gasteiger partial charge in [0.2, 0.25) is 5.69 Å². The minimum Gasteiger partial charge on any atom is -0.618 e. The molecule has 0 aliphatic carbocycles. The highest BCUT2D eigenvalue weighted by Crippen LogP contribution is 2.17. The van der Waals surface area contributed by atoms with Gasteiger partial charge >= 0.3 is 5.97 Å². The van der Waals surface area contributed by atoms with Crippen LogP contribution < -0.4 is 4.73 Å². The quantitative estimate of drug-likeness (QED) is 0.378. The molecule has 114 valence electrons. The second-order valence-corrected chi connectivity index (χ2v) is 5.90. The number of ether oxygens (including phenoxy) is 1. The highest BCUT2D eigenvalue weighted by molar-refractivity contribution is 5.86. The molecule has 0 aliphatic rings. The zero-order chi connectivity index (χ0) is 16.2. The van der Waals surface area contributed by atoms with Crippen molar-refractivity contribution in [3.8, 4) is 11.1 Å². The molecule has 0 radical (unpaired) electrons. The Kier molecular flexibility index (Phi) is 4.61. The Morgan fingerprint density at radius 1 is 1.09 bits per heavy atom. The van der Waals surface area contributed by atoms with Crippen LogP contribution in [0.4, 0.5) is 0 Å². The van der Waals surface area contributed by atoms with Crippen molar-refractivity contribution in [3.05, 3.63) is 65.6 Å². The van der Waals surface area contributed by atoms with Crippen molar-refractivity contribution in [1.82, 2.24) is 0 Å². The van der Waals surface area contributed by atoms with E-state index in [1.54, 1.807) is 26.8 Å². The Morgan fingerprint density at radius 3 is 2.36 bits per heavy atom. The van der Waals surface area contributed by atoms with Gasteiger partial charge in [-0.2, -0.15) is 4.73 Å². The van der Waals surface area contributed by atoms with E-state index < -0.39 is 11.6 Å². The van der Waals surface area contributed by atoms with Gasteiger partial charge in [-0.1, -0.05) is 30.3 Å². The molecule has 0 bridgehead atoms. The zero-order valence-electron chi connectivity index (χ0n) is 12.9. The van der Waals surface area contributed by atoms with Crippen LogP contribution in [-0.2, 0) is 9.53 Å². The second-order valence-electron chi connectivity index (χ2n) is 5.90. The molecule has 0 atom stereocenters. The molecule has 0 spiro atoms. The molecule has 0 saturated heterocycles. The van der Waals surface area contributed by atoms with Crippen LogP contribution in [0.15, 0.2) is 54.7 Å². The molecule has 2 aromatic rings. The summed E-state index contributed by atoms with van der Waals surface area (Å²) in [6.07, 6.45) is 4.21. The van der Waals surface area contributed by atoms with Crippen LogP contribution >= 0.6 is 0 Å². The predicted molar refractivity (Wildman–Crippen MR) is 85.7 cm³/mol. The Morgan fingerprint density at radius 2 is 1.77 bits per heavy atom. The van der Waals surface area contributed by atoms with E-state index in [4.69, 9.17) is 4.74 Å². The van der Waals surface area contributed by atoms with Crippen LogP contribution in [0, 0.1) is 5.21 Å². The van der Waals surface area contributed by atoms with Gasteiger partial charge in [0.25, 0.3) is 0 Å². The van der Waals surface area contributed by atoms with Gasteiger partial charge in [-0.3, -0.25) is 0 Å². The van der Waals surface area contributed by atoms with Crippen LogP contribution in [0.1, 0.15) is 26.5 Å². The largest absolute Gasteiger partial charge is 0.618 e. The Bertz CT molecular complexity index is 685. The number of benzene rings is 1. The summed E-state index contributed by atoms with van der Waals surface area (Å²) in [6, 6.07) is 13.2. The van der Waals surface area contributed by atoms with Gasteiger partial charge in [0.05, 0.1) is 0 Å². The molecule has 0 saturated carbocycles. The Labute approximate surface area is 130 Å². The monoisotopic (exact) mass is 297 g/mol. The summed E-state index contributed by atoms with van der Waals surface area (Å²) in [5.41, 5.74) is 1.62. The Balaban J connectivity index is 2.15. The number of hydrogen-bond acceptors (Lipinski definition) is 3. The van der Waals surface area contributed by atoms with Crippen molar-refractivity contribution in [2.45, 2.75) is 26.4 Å². The van der Waals surface area contributed by atoms with E-state index in [0.29, 0.717) is 5.69 Å². The number of carbonyl (C=O) groups excluding carboxylic acids is 1. The molecule has 0 unspecified atom stereocenters. The van der Waals surface area contributed by atoms with E-state index in [9.17, 15) is 10.0 Å². The van der Waals surface area contributed by atoms with Gasteiger partial charge in [0.1, 0.15) is 5.60 Å². The summed E-state index contributed by atoms with van der Waals surface area (Å²) in [7, 11) is 0. The van der Waals surface area contributed by atoms with E-state index in [-0.39, 0.29) is 0 Å². The highest BCUT2D eigenvalue weighted by atomic mass is 16.6. The molecule has 4 heteroatoms.